The fraction of sp³-hybridized carbons (Fsp3) is 0.333. The van der Waals surface area contributed by atoms with Gasteiger partial charge in [0.25, 0.3) is 0 Å². The highest BCUT2D eigenvalue weighted by Gasteiger charge is 1.98. The van der Waals surface area contributed by atoms with Crippen LogP contribution in [-0.4, -0.2) is 0 Å². The third-order valence-corrected chi connectivity index (χ3v) is 3.62. The molecule has 0 amide bonds. The maximum Gasteiger partial charge on any atom is 0.101 e. The highest BCUT2D eigenvalue weighted by molar-refractivity contribution is 5.22. The van der Waals surface area contributed by atoms with Crippen LogP contribution in [0.25, 0.3) is 0 Å². The number of quaternary nitrogens is 1. The topological polar surface area (TPSA) is 16.6 Å². The molecular formula is C18H24N+. The first-order valence-corrected chi connectivity index (χ1v) is 7.29. The maximum atomic E-state index is 2.36. The quantitative estimate of drug-likeness (QED) is 0.816. The second-order valence-corrected chi connectivity index (χ2v) is 5.04. The van der Waals surface area contributed by atoms with Gasteiger partial charge in [-0.3, -0.25) is 0 Å². The van der Waals surface area contributed by atoms with E-state index in [0.29, 0.717) is 0 Å². The zero-order chi connectivity index (χ0) is 13.5. The lowest BCUT2D eigenvalue weighted by molar-refractivity contribution is -0.686. The first-order valence-electron chi connectivity index (χ1n) is 7.29. The van der Waals surface area contributed by atoms with Crippen molar-refractivity contribution in [2.45, 2.75) is 39.8 Å². The summed E-state index contributed by atoms with van der Waals surface area (Å²) >= 11 is 0. The summed E-state index contributed by atoms with van der Waals surface area (Å²) in [5, 5.41) is 2.36. The summed E-state index contributed by atoms with van der Waals surface area (Å²) in [5.74, 6) is 0. The van der Waals surface area contributed by atoms with Crippen molar-refractivity contribution >= 4 is 0 Å². The molecule has 0 unspecified atom stereocenters. The number of rotatable bonds is 6. The van der Waals surface area contributed by atoms with Gasteiger partial charge in [0.15, 0.2) is 0 Å². The molecule has 1 nitrogen and oxygen atoms in total. The van der Waals surface area contributed by atoms with Crippen molar-refractivity contribution in [3.05, 3.63) is 70.8 Å². The number of benzene rings is 2. The first kappa shape index (κ1) is 13.8. The Morgan fingerprint density at radius 1 is 0.579 bits per heavy atom. The summed E-state index contributed by atoms with van der Waals surface area (Å²) in [6.07, 6.45) is 2.24. The summed E-state index contributed by atoms with van der Waals surface area (Å²) < 4.78 is 0. The van der Waals surface area contributed by atoms with Gasteiger partial charge in [-0.2, -0.15) is 0 Å². The van der Waals surface area contributed by atoms with Gasteiger partial charge in [0, 0.05) is 11.1 Å². The predicted molar refractivity (Wildman–Crippen MR) is 81.0 cm³/mol. The second kappa shape index (κ2) is 7.10. The van der Waals surface area contributed by atoms with E-state index < -0.39 is 0 Å². The van der Waals surface area contributed by atoms with Crippen LogP contribution >= 0.6 is 0 Å². The van der Waals surface area contributed by atoms with Crippen LogP contribution in [0.3, 0.4) is 0 Å². The van der Waals surface area contributed by atoms with Crippen molar-refractivity contribution in [1.82, 2.24) is 0 Å². The van der Waals surface area contributed by atoms with Gasteiger partial charge in [0.05, 0.1) is 0 Å². The Labute approximate surface area is 116 Å². The third kappa shape index (κ3) is 4.22. The summed E-state index contributed by atoms with van der Waals surface area (Å²) in [4.78, 5) is 0. The molecule has 0 aromatic heterocycles. The Hall–Kier alpha value is -1.60. The summed E-state index contributed by atoms with van der Waals surface area (Å²) in [7, 11) is 0. The smallest absolute Gasteiger partial charge is 0.101 e. The standard InChI is InChI=1S/C18H23N/c1-3-15-5-9-17(10-6-15)13-19-14-18-11-7-16(4-2)8-12-18/h5-12,19H,3-4,13-14H2,1-2H3/p+1. The molecule has 1 heteroatoms. The summed E-state index contributed by atoms with van der Waals surface area (Å²) in [5.41, 5.74) is 5.64. The SMILES string of the molecule is CCc1ccc(C[NH2+]Cc2ccc(CC)cc2)cc1. The van der Waals surface area contributed by atoms with Gasteiger partial charge in [0.2, 0.25) is 0 Å². The van der Waals surface area contributed by atoms with E-state index >= 15 is 0 Å². The number of hydrogen-bond acceptors (Lipinski definition) is 0. The Bertz CT molecular complexity index is 435. The molecule has 0 spiro atoms. The molecule has 0 saturated heterocycles. The van der Waals surface area contributed by atoms with Gasteiger partial charge < -0.3 is 5.32 Å². The Morgan fingerprint density at radius 2 is 0.895 bits per heavy atom. The molecule has 19 heavy (non-hydrogen) atoms. The molecule has 0 atom stereocenters. The number of nitrogens with two attached hydrogens (primary N) is 1. The molecule has 0 fully saturated rings. The summed E-state index contributed by atoms with van der Waals surface area (Å²) in [6.45, 7) is 6.50. The highest BCUT2D eigenvalue weighted by Crippen LogP contribution is 2.05. The van der Waals surface area contributed by atoms with Gasteiger partial charge in [-0.05, 0) is 24.0 Å². The predicted octanol–water partition coefficient (Wildman–Crippen LogP) is 3.08. The van der Waals surface area contributed by atoms with Crippen LogP contribution in [0.4, 0.5) is 0 Å². The number of aryl methyl sites for hydroxylation is 2. The van der Waals surface area contributed by atoms with Crippen LogP contribution in [0.2, 0.25) is 0 Å². The van der Waals surface area contributed by atoms with Crippen LogP contribution in [0.15, 0.2) is 48.5 Å². The molecule has 0 aliphatic rings. The van der Waals surface area contributed by atoms with Crippen LogP contribution in [0, 0.1) is 0 Å². The third-order valence-electron chi connectivity index (χ3n) is 3.62. The minimum atomic E-state index is 1.06. The molecule has 0 saturated carbocycles. The highest BCUT2D eigenvalue weighted by atomic mass is 14.8. The zero-order valence-corrected chi connectivity index (χ0v) is 12.0. The average Bonchev–Trinajstić information content (AvgIpc) is 2.49. The van der Waals surface area contributed by atoms with E-state index in [2.05, 4.69) is 67.7 Å². The fourth-order valence-corrected chi connectivity index (χ4v) is 2.23. The van der Waals surface area contributed by atoms with Gasteiger partial charge >= 0.3 is 0 Å². The van der Waals surface area contributed by atoms with E-state index in [9.17, 15) is 0 Å². The molecule has 100 valence electrons. The Morgan fingerprint density at radius 3 is 1.21 bits per heavy atom. The lowest BCUT2D eigenvalue weighted by Crippen LogP contribution is -2.80. The number of hydrogen-bond donors (Lipinski definition) is 1. The average molecular weight is 254 g/mol. The zero-order valence-electron chi connectivity index (χ0n) is 12.0. The van der Waals surface area contributed by atoms with E-state index in [0.717, 1.165) is 25.9 Å². The molecule has 2 aromatic rings. The van der Waals surface area contributed by atoms with Crippen LogP contribution in [0.1, 0.15) is 36.1 Å². The largest absolute Gasteiger partial charge is 0.339 e. The lowest BCUT2D eigenvalue weighted by Gasteiger charge is -2.04. The van der Waals surface area contributed by atoms with Gasteiger partial charge in [0.1, 0.15) is 13.1 Å². The molecule has 2 N–H and O–H groups in total. The van der Waals surface area contributed by atoms with E-state index in [4.69, 9.17) is 0 Å². The van der Waals surface area contributed by atoms with Crippen molar-refractivity contribution in [2.75, 3.05) is 0 Å². The molecule has 0 bridgehead atoms. The minimum absolute atomic E-state index is 1.06. The van der Waals surface area contributed by atoms with E-state index in [1.807, 2.05) is 0 Å². The molecule has 0 radical (unpaired) electrons. The first-order chi connectivity index (χ1) is 9.31. The van der Waals surface area contributed by atoms with Gasteiger partial charge in [-0.15, -0.1) is 0 Å². The van der Waals surface area contributed by atoms with E-state index in [-0.39, 0.29) is 0 Å². The van der Waals surface area contributed by atoms with Gasteiger partial charge in [-0.25, -0.2) is 0 Å². The van der Waals surface area contributed by atoms with Crippen molar-refractivity contribution in [2.24, 2.45) is 0 Å². The van der Waals surface area contributed by atoms with Gasteiger partial charge in [-0.1, -0.05) is 62.4 Å². The maximum absolute atomic E-state index is 2.36. The minimum Gasteiger partial charge on any atom is -0.339 e. The van der Waals surface area contributed by atoms with Crippen LogP contribution in [0.5, 0.6) is 0 Å². The molecule has 0 aliphatic carbocycles. The van der Waals surface area contributed by atoms with Crippen molar-refractivity contribution in [1.29, 1.82) is 0 Å². The Balaban J connectivity index is 1.81. The molecule has 0 heterocycles. The van der Waals surface area contributed by atoms with E-state index in [1.165, 1.54) is 22.3 Å². The molecule has 2 rings (SSSR count). The molecular weight excluding hydrogens is 230 g/mol. The summed E-state index contributed by atoms with van der Waals surface area (Å²) in [6, 6.07) is 17.9. The van der Waals surface area contributed by atoms with Crippen molar-refractivity contribution in [3.63, 3.8) is 0 Å². The Kier molecular flexibility index (Phi) is 5.17. The van der Waals surface area contributed by atoms with Crippen molar-refractivity contribution < 1.29 is 5.32 Å². The molecule has 0 aliphatic heterocycles. The fourth-order valence-electron chi connectivity index (χ4n) is 2.23. The van der Waals surface area contributed by atoms with Crippen LogP contribution in [-0.2, 0) is 25.9 Å². The van der Waals surface area contributed by atoms with Crippen LogP contribution < -0.4 is 5.32 Å². The second-order valence-electron chi connectivity index (χ2n) is 5.04. The van der Waals surface area contributed by atoms with Crippen molar-refractivity contribution in [3.8, 4) is 0 Å². The monoisotopic (exact) mass is 254 g/mol. The lowest BCUT2D eigenvalue weighted by atomic mass is 10.1. The normalized spacial score (nSPS) is 10.6. The van der Waals surface area contributed by atoms with E-state index in [1.54, 1.807) is 0 Å². The molecule has 2 aromatic carbocycles.